The molecule has 2 heterocycles. The Morgan fingerprint density at radius 2 is 2.24 bits per heavy atom. The van der Waals surface area contributed by atoms with E-state index in [-0.39, 0.29) is 5.75 Å². The van der Waals surface area contributed by atoms with Crippen LogP contribution >= 0.6 is 0 Å². The lowest BCUT2D eigenvalue weighted by molar-refractivity contribution is -0.274. The molecule has 2 rings (SSSR count). The fourth-order valence-corrected chi connectivity index (χ4v) is 2.51. The van der Waals surface area contributed by atoms with Crippen LogP contribution in [0.2, 0.25) is 0 Å². The van der Waals surface area contributed by atoms with E-state index in [0.29, 0.717) is 5.82 Å². The van der Waals surface area contributed by atoms with E-state index in [4.69, 9.17) is 0 Å². The average molecular weight is 303 g/mol. The first-order valence-corrected chi connectivity index (χ1v) is 7.10. The molecule has 21 heavy (non-hydrogen) atoms. The van der Waals surface area contributed by atoms with Crippen molar-refractivity contribution in [1.82, 2.24) is 9.88 Å². The van der Waals surface area contributed by atoms with Crippen molar-refractivity contribution in [3.05, 3.63) is 18.3 Å². The van der Waals surface area contributed by atoms with Crippen molar-refractivity contribution >= 4 is 5.82 Å². The number of pyridine rings is 1. The fourth-order valence-electron chi connectivity index (χ4n) is 2.51. The maximum Gasteiger partial charge on any atom is 0.573 e. The van der Waals surface area contributed by atoms with Gasteiger partial charge in [0.1, 0.15) is 11.6 Å². The smallest absolute Gasteiger partial charge is 0.404 e. The number of hydrogen-bond donors (Lipinski definition) is 1. The normalized spacial score (nSPS) is 20.3. The molecule has 0 aromatic carbocycles. The molecule has 7 heteroatoms. The number of likely N-dealkylation sites (tertiary alicyclic amines) is 1. The maximum absolute atomic E-state index is 12.0. The fraction of sp³-hybridized carbons (Fsp3) is 0.643. The maximum atomic E-state index is 12.0. The Morgan fingerprint density at radius 1 is 1.43 bits per heavy atom. The van der Waals surface area contributed by atoms with Crippen molar-refractivity contribution < 1.29 is 17.9 Å². The molecule has 1 aromatic heterocycles. The first-order valence-electron chi connectivity index (χ1n) is 7.10. The van der Waals surface area contributed by atoms with Crippen molar-refractivity contribution in [2.75, 3.05) is 31.5 Å². The first-order chi connectivity index (χ1) is 9.92. The molecule has 1 aliphatic heterocycles. The molecule has 1 saturated heterocycles. The Balaban J connectivity index is 1.73. The lowest BCUT2D eigenvalue weighted by Crippen LogP contribution is -2.37. The molecule has 1 fully saturated rings. The number of anilines is 1. The number of ether oxygens (including phenoxy) is 1. The number of halogens is 3. The molecule has 0 radical (unpaired) electrons. The summed E-state index contributed by atoms with van der Waals surface area (Å²) in [7, 11) is 0. The highest BCUT2D eigenvalue weighted by Gasteiger charge is 2.31. The van der Waals surface area contributed by atoms with Crippen molar-refractivity contribution in [3.8, 4) is 5.75 Å². The Morgan fingerprint density at radius 3 is 2.86 bits per heavy atom. The predicted molar refractivity (Wildman–Crippen MR) is 74.2 cm³/mol. The van der Waals surface area contributed by atoms with Gasteiger partial charge in [-0.15, -0.1) is 13.2 Å². The molecule has 118 valence electrons. The summed E-state index contributed by atoms with van der Waals surface area (Å²) in [6.07, 6.45) is -1.10. The zero-order valence-electron chi connectivity index (χ0n) is 12.0. The van der Waals surface area contributed by atoms with Gasteiger partial charge < -0.3 is 15.0 Å². The summed E-state index contributed by atoms with van der Waals surface area (Å²) >= 11 is 0. The zero-order valence-corrected chi connectivity index (χ0v) is 12.0. The van der Waals surface area contributed by atoms with Gasteiger partial charge in [-0.25, -0.2) is 4.98 Å². The van der Waals surface area contributed by atoms with E-state index >= 15 is 0 Å². The summed E-state index contributed by atoms with van der Waals surface area (Å²) < 4.78 is 39.8. The van der Waals surface area contributed by atoms with E-state index < -0.39 is 6.36 Å². The minimum Gasteiger partial charge on any atom is -0.404 e. The highest BCUT2D eigenvalue weighted by molar-refractivity contribution is 5.37. The SMILES string of the molecule is CC1CCCN(CCNc2ccc(OC(F)(F)F)cn2)C1. The van der Waals surface area contributed by atoms with Crippen LogP contribution in [-0.4, -0.2) is 42.4 Å². The van der Waals surface area contributed by atoms with Crippen molar-refractivity contribution in [2.45, 2.75) is 26.1 Å². The van der Waals surface area contributed by atoms with Gasteiger partial charge in [0.05, 0.1) is 6.20 Å². The van der Waals surface area contributed by atoms with Gasteiger partial charge in [0.2, 0.25) is 0 Å². The monoisotopic (exact) mass is 303 g/mol. The second-order valence-corrected chi connectivity index (χ2v) is 5.40. The highest BCUT2D eigenvalue weighted by Crippen LogP contribution is 2.22. The number of piperidine rings is 1. The third-order valence-corrected chi connectivity index (χ3v) is 3.45. The summed E-state index contributed by atoms with van der Waals surface area (Å²) in [5.41, 5.74) is 0. The molecule has 0 aliphatic carbocycles. The predicted octanol–water partition coefficient (Wildman–Crippen LogP) is 3.12. The van der Waals surface area contributed by atoms with Crippen LogP contribution in [0.5, 0.6) is 5.75 Å². The van der Waals surface area contributed by atoms with Gasteiger partial charge in [-0.2, -0.15) is 0 Å². The van der Waals surface area contributed by atoms with Crippen LogP contribution in [0, 0.1) is 5.92 Å². The first kappa shape index (κ1) is 15.9. The number of rotatable bonds is 5. The Labute approximate surface area is 122 Å². The van der Waals surface area contributed by atoms with Gasteiger partial charge in [-0.05, 0) is 37.4 Å². The molecular weight excluding hydrogens is 283 g/mol. The molecule has 1 aliphatic rings. The number of aromatic nitrogens is 1. The number of nitrogens with zero attached hydrogens (tertiary/aromatic N) is 2. The van der Waals surface area contributed by atoms with Crippen LogP contribution in [0.15, 0.2) is 18.3 Å². The largest absolute Gasteiger partial charge is 0.573 e. The summed E-state index contributed by atoms with van der Waals surface area (Å²) in [4.78, 5) is 6.30. The van der Waals surface area contributed by atoms with E-state index in [1.807, 2.05) is 0 Å². The molecule has 1 aromatic rings. The second kappa shape index (κ2) is 6.98. The molecule has 0 bridgehead atoms. The Kier molecular flexibility index (Phi) is 5.27. The summed E-state index contributed by atoms with van der Waals surface area (Å²) in [6, 6.07) is 2.74. The number of alkyl halides is 3. The van der Waals surface area contributed by atoms with Crippen LogP contribution in [0.1, 0.15) is 19.8 Å². The summed E-state index contributed by atoms with van der Waals surface area (Å²) in [6.45, 7) is 6.10. The Hall–Kier alpha value is -1.50. The van der Waals surface area contributed by atoms with Crippen LogP contribution in [0.25, 0.3) is 0 Å². The van der Waals surface area contributed by atoms with Gasteiger partial charge in [0.15, 0.2) is 0 Å². The number of nitrogens with one attached hydrogen (secondary N) is 1. The third-order valence-electron chi connectivity index (χ3n) is 3.45. The van der Waals surface area contributed by atoms with Gasteiger partial charge in [0.25, 0.3) is 0 Å². The lowest BCUT2D eigenvalue weighted by atomic mass is 10.0. The minimum atomic E-state index is -4.68. The molecule has 0 spiro atoms. The van der Waals surface area contributed by atoms with Crippen LogP contribution in [0.4, 0.5) is 19.0 Å². The van der Waals surface area contributed by atoms with E-state index in [0.717, 1.165) is 38.3 Å². The van der Waals surface area contributed by atoms with E-state index in [1.165, 1.54) is 25.0 Å². The minimum absolute atomic E-state index is 0.307. The highest BCUT2D eigenvalue weighted by atomic mass is 19.4. The average Bonchev–Trinajstić information content (AvgIpc) is 2.39. The van der Waals surface area contributed by atoms with E-state index in [2.05, 4.69) is 26.9 Å². The molecule has 4 nitrogen and oxygen atoms in total. The van der Waals surface area contributed by atoms with Gasteiger partial charge >= 0.3 is 6.36 Å². The van der Waals surface area contributed by atoms with E-state index in [1.54, 1.807) is 0 Å². The van der Waals surface area contributed by atoms with Crippen LogP contribution in [0.3, 0.4) is 0 Å². The third kappa shape index (κ3) is 5.79. The summed E-state index contributed by atoms with van der Waals surface area (Å²) in [5, 5.41) is 3.11. The molecule has 0 saturated carbocycles. The van der Waals surface area contributed by atoms with Gasteiger partial charge in [-0.1, -0.05) is 6.92 Å². The number of hydrogen-bond acceptors (Lipinski definition) is 4. The quantitative estimate of drug-likeness (QED) is 0.907. The van der Waals surface area contributed by atoms with Crippen molar-refractivity contribution in [2.24, 2.45) is 5.92 Å². The zero-order chi connectivity index (χ0) is 15.3. The van der Waals surface area contributed by atoms with Crippen molar-refractivity contribution in [1.29, 1.82) is 0 Å². The van der Waals surface area contributed by atoms with Crippen LogP contribution in [-0.2, 0) is 0 Å². The molecule has 1 N–H and O–H groups in total. The van der Waals surface area contributed by atoms with Gasteiger partial charge in [-0.3, -0.25) is 0 Å². The molecule has 0 amide bonds. The Bertz CT molecular complexity index is 436. The van der Waals surface area contributed by atoms with Crippen molar-refractivity contribution in [3.63, 3.8) is 0 Å². The molecular formula is C14H20F3N3O. The molecule has 1 unspecified atom stereocenters. The summed E-state index contributed by atoms with van der Waals surface area (Å²) in [5.74, 6) is 0.975. The van der Waals surface area contributed by atoms with Gasteiger partial charge in [0, 0.05) is 19.6 Å². The molecule has 1 atom stereocenters. The standard InChI is InChI=1S/C14H20F3N3O/c1-11-3-2-7-20(10-11)8-6-18-13-5-4-12(9-19-13)21-14(15,16)17/h4-5,9,11H,2-3,6-8,10H2,1H3,(H,18,19). The van der Waals surface area contributed by atoms with Crippen LogP contribution < -0.4 is 10.1 Å². The van der Waals surface area contributed by atoms with E-state index in [9.17, 15) is 13.2 Å². The lowest BCUT2D eigenvalue weighted by Gasteiger charge is -2.30. The topological polar surface area (TPSA) is 37.4 Å². The second-order valence-electron chi connectivity index (χ2n) is 5.40.